The van der Waals surface area contributed by atoms with Crippen molar-refractivity contribution in [3.63, 3.8) is 0 Å². The lowest BCUT2D eigenvalue weighted by Crippen LogP contribution is -2.31. The molecule has 0 saturated carbocycles. The highest BCUT2D eigenvalue weighted by Crippen LogP contribution is 2.15. The van der Waals surface area contributed by atoms with Crippen molar-refractivity contribution in [2.75, 3.05) is 0 Å². The van der Waals surface area contributed by atoms with E-state index in [4.69, 9.17) is 0 Å². The van der Waals surface area contributed by atoms with Crippen molar-refractivity contribution in [2.45, 2.75) is 58.9 Å². The third-order valence-corrected chi connectivity index (χ3v) is 3.31. The van der Waals surface area contributed by atoms with Crippen LogP contribution in [0.25, 0.3) is 0 Å². The monoisotopic (exact) mass is 247 g/mol. The number of aryl methyl sites for hydroxylation is 1. The summed E-state index contributed by atoms with van der Waals surface area (Å²) in [5, 5.41) is 2.99. The molecule has 0 unspecified atom stereocenters. The van der Waals surface area contributed by atoms with Gasteiger partial charge in [-0.05, 0) is 36.8 Å². The second-order valence-corrected chi connectivity index (χ2v) is 5.27. The van der Waals surface area contributed by atoms with Crippen molar-refractivity contribution in [2.24, 2.45) is 0 Å². The van der Waals surface area contributed by atoms with E-state index in [0.717, 1.165) is 12.8 Å². The predicted molar refractivity (Wildman–Crippen MR) is 76.7 cm³/mol. The molecule has 0 fully saturated rings. The summed E-state index contributed by atoms with van der Waals surface area (Å²) in [6.07, 6.45) is 2.38. The van der Waals surface area contributed by atoms with Gasteiger partial charge in [0.2, 0.25) is 5.91 Å². The highest BCUT2D eigenvalue weighted by atomic mass is 16.1. The lowest BCUT2D eigenvalue weighted by atomic mass is 10.0. The molecule has 1 N–H and O–H groups in total. The van der Waals surface area contributed by atoms with Crippen molar-refractivity contribution in [1.82, 2.24) is 5.32 Å². The number of amides is 1. The molecule has 0 saturated heterocycles. The van der Waals surface area contributed by atoms with Crippen LogP contribution in [-0.4, -0.2) is 11.9 Å². The number of hydrogen-bond acceptors (Lipinski definition) is 1. The van der Waals surface area contributed by atoms with Gasteiger partial charge in [-0.3, -0.25) is 4.79 Å². The summed E-state index contributed by atoms with van der Waals surface area (Å²) in [4.78, 5) is 11.6. The molecule has 1 atom stereocenters. The fourth-order valence-corrected chi connectivity index (χ4v) is 1.78. The van der Waals surface area contributed by atoms with Gasteiger partial charge >= 0.3 is 0 Å². The second kappa shape index (κ2) is 7.20. The van der Waals surface area contributed by atoms with Crippen LogP contribution in [0.5, 0.6) is 0 Å². The van der Waals surface area contributed by atoms with Crippen molar-refractivity contribution in [1.29, 1.82) is 0 Å². The van der Waals surface area contributed by atoms with Gasteiger partial charge in [0, 0.05) is 12.5 Å². The SMILES string of the molecule is CC[C@@H](C)NC(=O)CCc1ccc(C(C)C)cc1. The maximum absolute atomic E-state index is 11.6. The minimum atomic E-state index is 0.150. The molecule has 0 heterocycles. The van der Waals surface area contributed by atoms with Crippen LogP contribution < -0.4 is 5.32 Å². The van der Waals surface area contributed by atoms with E-state index in [1.807, 2.05) is 6.92 Å². The molecule has 0 aromatic heterocycles. The maximum atomic E-state index is 11.6. The second-order valence-electron chi connectivity index (χ2n) is 5.27. The summed E-state index contributed by atoms with van der Waals surface area (Å²) < 4.78 is 0. The van der Waals surface area contributed by atoms with Crippen LogP contribution in [0.1, 0.15) is 57.6 Å². The van der Waals surface area contributed by atoms with Gasteiger partial charge in [0.15, 0.2) is 0 Å². The van der Waals surface area contributed by atoms with Crippen molar-refractivity contribution < 1.29 is 4.79 Å². The third-order valence-electron chi connectivity index (χ3n) is 3.31. The molecule has 1 rings (SSSR count). The quantitative estimate of drug-likeness (QED) is 0.816. The highest BCUT2D eigenvalue weighted by Gasteiger charge is 2.06. The Hall–Kier alpha value is -1.31. The minimum Gasteiger partial charge on any atom is -0.354 e. The lowest BCUT2D eigenvalue weighted by Gasteiger charge is -2.11. The van der Waals surface area contributed by atoms with Crippen LogP contribution in [0.3, 0.4) is 0 Å². The molecule has 0 spiro atoms. The van der Waals surface area contributed by atoms with Crippen LogP contribution in [0, 0.1) is 0 Å². The fourth-order valence-electron chi connectivity index (χ4n) is 1.78. The molecule has 0 radical (unpaired) electrons. The maximum Gasteiger partial charge on any atom is 0.220 e. The molecule has 0 aliphatic carbocycles. The smallest absolute Gasteiger partial charge is 0.220 e. The molecule has 1 amide bonds. The fraction of sp³-hybridized carbons (Fsp3) is 0.562. The first kappa shape index (κ1) is 14.7. The topological polar surface area (TPSA) is 29.1 Å². The molecule has 2 nitrogen and oxygen atoms in total. The standard InChI is InChI=1S/C16H25NO/c1-5-13(4)17-16(18)11-8-14-6-9-15(10-7-14)12(2)3/h6-7,9-10,12-13H,5,8,11H2,1-4H3,(H,17,18)/t13-/m1/s1. The Morgan fingerprint density at radius 2 is 1.78 bits per heavy atom. The van der Waals surface area contributed by atoms with Gasteiger partial charge < -0.3 is 5.32 Å². The summed E-state index contributed by atoms with van der Waals surface area (Å²) >= 11 is 0. The molecule has 1 aromatic rings. The molecule has 0 bridgehead atoms. The molecule has 1 aromatic carbocycles. The molecular formula is C16H25NO. The Bertz CT molecular complexity index is 367. The highest BCUT2D eigenvalue weighted by molar-refractivity contribution is 5.76. The predicted octanol–water partition coefficient (Wildman–Crippen LogP) is 3.66. The van der Waals surface area contributed by atoms with E-state index in [9.17, 15) is 4.79 Å². The van der Waals surface area contributed by atoms with Crippen molar-refractivity contribution in [3.8, 4) is 0 Å². The van der Waals surface area contributed by atoms with Crippen molar-refractivity contribution in [3.05, 3.63) is 35.4 Å². The Balaban J connectivity index is 2.41. The molecule has 0 aliphatic heterocycles. The van der Waals surface area contributed by atoms with Gasteiger partial charge in [-0.25, -0.2) is 0 Å². The number of rotatable bonds is 6. The molecule has 2 heteroatoms. The van der Waals surface area contributed by atoms with E-state index in [1.54, 1.807) is 0 Å². The zero-order chi connectivity index (χ0) is 13.5. The first-order valence-corrected chi connectivity index (χ1v) is 6.91. The molecule has 18 heavy (non-hydrogen) atoms. The van der Waals surface area contributed by atoms with Crippen LogP contribution in [0.4, 0.5) is 0 Å². The number of benzene rings is 1. The zero-order valence-electron chi connectivity index (χ0n) is 12.0. The van der Waals surface area contributed by atoms with Gasteiger partial charge in [-0.2, -0.15) is 0 Å². The first-order valence-electron chi connectivity index (χ1n) is 6.91. The van der Waals surface area contributed by atoms with Gasteiger partial charge in [-0.1, -0.05) is 45.0 Å². The van der Waals surface area contributed by atoms with E-state index < -0.39 is 0 Å². The van der Waals surface area contributed by atoms with Crippen LogP contribution in [0.15, 0.2) is 24.3 Å². The summed E-state index contributed by atoms with van der Waals surface area (Å²) in [6.45, 7) is 8.49. The van der Waals surface area contributed by atoms with Gasteiger partial charge in [0.1, 0.15) is 0 Å². The van der Waals surface area contributed by atoms with Crippen LogP contribution in [-0.2, 0) is 11.2 Å². The average Bonchev–Trinajstić information content (AvgIpc) is 2.36. The largest absolute Gasteiger partial charge is 0.354 e. The number of carbonyl (C=O) groups excluding carboxylic acids is 1. The normalized spacial score (nSPS) is 12.5. The molecule has 0 aliphatic rings. The zero-order valence-corrected chi connectivity index (χ0v) is 12.0. The van der Waals surface area contributed by atoms with Gasteiger partial charge in [0.05, 0.1) is 0 Å². The number of nitrogens with one attached hydrogen (secondary N) is 1. The van der Waals surface area contributed by atoms with Crippen LogP contribution >= 0.6 is 0 Å². The molecule has 100 valence electrons. The Labute approximate surface area is 111 Å². The van der Waals surface area contributed by atoms with E-state index in [2.05, 4.69) is 50.4 Å². The Morgan fingerprint density at radius 3 is 2.28 bits per heavy atom. The first-order chi connectivity index (χ1) is 8.52. The summed E-state index contributed by atoms with van der Waals surface area (Å²) in [6, 6.07) is 8.86. The third kappa shape index (κ3) is 4.91. The summed E-state index contributed by atoms with van der Waals surface area (Å²) in [5.74, 6) is 0.713. The van der Waals surface area contributed by atoms with Crippen LogP contribution in [0.2, 0.25) is 0 Å². The number of carbonyl (C=O) groups is 1. The van der Waals surface area contributed by atoms with Gasteiger partial charge in [-0.15, -0.1) is 0 Å². The van der Waals surface area contributed by atoms with E-state index in [0.29, 0.717) is 12.3 Å². The average molecular weight is 247 g/mol. The van der Waals surface area contributed by atoms with Gasteiger partial charge in [0.25, 0.3) is 0 Å². The van der Waals surface area contributed by atoms with E-state index in [-0.39, 0.29) is 11.9 Å². The summed E-state index contributed by atoms with van der Waals surface area (Å²) in [5.41, 5.74) is 2.58. The molecular weight excluding hydrogens is 222 g/mol. The van der Waals surface area contributed by atoms with Crippen molar-refractivity contribution >= 4 is 5.91 Å². The Kier molecular flexibility index (Phi) is 5.90. The number of hydrogen-bond donors (Lipinski definition) is 1. The van der Waals surface area contributed by atoms with E-state index in [1.165, 1.54) is 11.1 Å². The van der Waals surface area contributed by atoms with E-state index >= 15 is 0 Å². The minimum absolute atomic E-state index is 0.150. The Morgan fingerprint density at radius 1 is 1.17 bits per heavy atom. The summed E-state index contributed by atoms with van der Waals surface area (Å²) in [7, 11) is 0. The lowest BCUT2D eigenvalue weighted by molar-refractivity contribution is -0.121.